The van der Waals surface area contributed by atoms with Crippen LogP contribution in [-0.4, -0.2) is 19.6 Å². The maximum Gasteiger partial charge on any atom is 0.0846 e. The first-order valence-electron chi connectivity index (χ1n) is 6.31. The summed E-state index contributed by atoms with van der Waals surface area (Å²) in [4.78, 5) is 0. The van der Waals surface area contributed by atoms with Crippen molar-refractivity contribution in [1.82, 2.24) is 19.6 Å². The van der Waals surface area contributed by atoms with E-state index in [4.69, 9.17) is 0 Å². The van der Waals surface area contributed by atoms with E-state index in [0.717, 1.165) is 39.7 Å². The van der Waals surface area contributed by atoms with Crippen molar-refractivity contribution in [3.63, 3.8) is 0 Å². The SMILES string of the molecule is CCc1nn(C)c(Cn2ncc3ccccc32)c1Br. The Balaban J connectivity index is 2.04. The molecule has 0 amide bonds. The zero-order chi connectivity index (χ0) is 13.4. The number of benzene rings is 1. The third-order valence-corrected chi connectivity index (χ3v) is 4.27. The van der Waals surface area contributed by atoms with Crippen molar-refractivity contribution >= 4 is 26.8 Å². The fourth-order valence-corrected chi connectivity index (χ4v) is 3.03. The van der Waals surface area contributed by atoms with Crippen molar-refractivity contribution in [1.29, 1.82) is 0 Å². The topological polar surface area (TPSA) is 35.6 Å². The van der Waals surface area contributed by atoms with Crippen LogP contribution in [0.3, 0.4) is 0 Å². The number of rotatable bonds is 3. The molecule has 0 bridgehead atoms. The molecule has 1 aromatic carbocycles. The number of aromatic nitrogens is 4. The van der Waals surface area contributed by atoms with Gasteiger partial charge in [-0.1, -0.05) is 25.1 Å². The van der Waals surface area contributed by atoms with E-state index in [1.807, 2.05) is 34.7 Å². The first kappa shape index (κ1) is 12.4. The van der Waals surface area contributed by atoms with Crippen LogP contribution < -0.4 is 0 Å². The second-order valence-corrected chi connectivity index (χ2v) is 5.34. The average Bonchev–Trinajstić information content (AvgIpc) is 2.95. The summed E-state index contributed by atoms with van der Waals surface area (Å²) in [6.07, 6.45) is 2.83. The van der Waals surface area contributed by atoms with Crippen LogP contribution in [0.1, 0.15) is 18.3 Å². The zero-order valence-corrected chi connectivity index (χ0v) is 12.6. The molecule has 98 valence electrons. The van der Waals surface area contributed by atoms with Gasteiger partial charge < -0.3 is 0 Å². The maximum atomic E-state index is 4.52. The predicted molar refractivity (Wildman–Crippen MR) is 79.1 cm³/mol. The van der Waals surface area contributed by atoms with E-state index in [-0.39, 0.29) is 0 Å². The standard InChI is InChI=1S/C14H15BrN4/c1-3-11-14(15)13(18(2)17-11)9-19-12-7-5-4-6-10(12)8-16-19/h4-8H,3,9H2,1-2H3. The van der Waals surface area contributed by atoms with Crippen LogP contribution in [0.5, 0.6) is 0 Å². The van der Waals surface area contributed by atoms with Crippen LogP contribution in [0.4, 0.5) is 0 Å². The molecule has 2 heterocycles. The van der Waals surface area contributed by atoms with Crippen LogP contribution in [0.2, 0.25) is 0 Å². The molecule has 0 N–H and O–H groups in total. The second kappa shape index (κ2) is 4.81. The van der Waals surface area contributed by atoms with E-state index < -0.39 is 0 Å². The number of hydrogen-bond acceptors (Lipinski definition) is 2. The predicted octanol–water partition coefficient (Wildman–Crippen LogP) is 3.14. The highest BCUT2D eigenvalue weighted by Gasteiger charge is 2.14. The lowest BCUT2D eigenvalue weighted by atomic mass is 10.2. The molecule has 0 aliphatic rings. The molecule has 3 rings (SSSR count). The lowest BCUT2D eigenvalue weighted by molar-refractivity contribution is 0.629. The summed E-state index contributed by atoms with van der Waals surface area (Å²) in [6, 6.07) is 8.24. The summed E-state index contributed by atoms with van der Waals surface area (Å²) in [5, 5.41) is 10.1. The molecule has 0 saturated carbocycles. The van der Waals surface area contributed by atoms with Gasteiger partial charge in [-0.3, -0.25) is 9.36 Å². The third kappa shape index (κ3) is 2.08. The highest BCUT2D eigenvalue weighted by Crippen LogP contribution is 2.23. The zero-order valence-electron chi connectivity index (χ0n) is 11.0. The van der Waals surface area contributed by atoms with Crippen LogP contribution in [0.25, 0.3) is 10.9 Å². The Hall–Kier alpha value is -1.62. The second-order valence-electron chi connectivity index (χ2n) is 4.55. The fraction of sp³-hybridized carbons (Fsp3) is 0.286. The van der Waals surface area contributed by atoms with Gasteiger partial charge in [-0.25, -0.2) is 0 Å². The molecule has 3 aromatic rings. The first-order valence-corrected chi connectivity index (χ1v) is 7.10. The van der Waals surface area contributed by atoms with Crippen molar-refractivity contribution in [2.45, 2.75) is 19.9 Å². The molecule has 0 aliphatic heterocycles. The monoisotopic (exact) mass is 318 g/mol. The van der Waals surface area contributed by atoms with Gasteiger partial charge in [-0.2, -0.15) is 10.2 Å². The van der Waals surface area contributed by atoms with E-state index in [0.29, 0.717) is 0 Å². The van der Waals surface area contributed by atoms with Gasteiger partial charge in [0.05, 0.1) is 34.1 Å². The Kier molecular flexibility index (Phi) is 3.14. The van der Waals surface area contributed by atoms with Crippen LogP contribution in [0, 0.1) is 0 Å². The summed E-state index contributed by atoms with van der Waals surface area (Å²) in [5.74, 6) is 0. The molecule has 0 spiro atoms. The number of fused-ring (bicyclic) bond motifs is 1. The number of aryl methyl sites for hydroxylation is 2. The third-order valence-electron chi connectivity index (χ3n) is 3.35. The van der Waals surface area contributed by atoms with Crippen molar-refractivity contribution in [2.75, 3.05) is 0 Å². The van der Waals surface area contributed by atoms with Gasteiger partial charge in [0.2, 0.25) is 0 Å². The molecular weight excluding hydrogens is 304 g/mol. The van der Waals surface area contributed by atoms with E-state index >= 15 is 0 Å². The van der Waals surface area contributed by atoms with Gasteiger partial charge in [0.1, 0.15) is 0 Å². The summed E-state index contributed by atoms with van der Waals surface area (Å²) < 4.78 is 5.03. The summed E-state index contributed by atoms with van der Waals surface area (Å²) in [5.41, 5.74) is 3.38. The van der Waals surface area contributed by atoms with Crippen molar-refractivity contribution < 1.29 is 0 Å². The molecule has 0 saturated heterocycles. The number of para-hydroxylation sites is 1. The van der Waals surface area contributed by atoms with Gasteiger partial charge in [0, 0.05) is 12.4 Å². The van der Waals surface area contributed by atoms with Crippen LogP contribution in [0.15, 0.2) is 34.9 Å². The largest absolute Gasteiger partial charge is 0.269 e. The van der Waals surface area contributed by atoms with Gasteiger partial charge >= 0.3 is 0 Å². The Morgan fingerprint density at radius 2 is 2.05 bits per heavy atom. The Morgan fingerprint density at radius 3 is 2.79 bits per heavy atom. The number of nitrogens with zero attached hydrogens (tertiary/aromatic N) is 4. The quantitative estimate of drug-likeness (QED) is 0.743. The molecule has 0 radical (unpaired) electrons. The number of halogens is 1. The van der Waals surface area contributed by atoms with Crippen LogP contribution in [-0.2, 0) is 20.0 Å². The number of hydrogen-bond donors (Lipinski definition) is 0. The van der Waals surface area contributed by atoms with E-state index in [1.165, 1.54) is 0 Å². The summed E-state index contributed by atoms with van der Waals surface area (Å²) in [6.45, 7) is 2.83. The lowest BCUT2D eigenvalue weighted by Crippen LogP contribution is -2.07. The molecule has 0 aliphatic carbocycles. The fourth-order valence-electron chi connectivity index (χ4n) is 2.29. The summed E-state index contributed by atoms with van der Waals surface area (Å²) >= 11 is 3.65. The minimum atomic E-state index is 0.720. The van der Waals surface area contributed by atoms with Crippen molar-refractivity contribution in [3.05, 3.63) is 46.3 Å². The highest BCUT2D eigenvalue weighted by molar-refractivity contribution is 9.10. The average molecular weight is 319 g/mol. The molecule has 0 fully saturated rings. The minimum absolute atomic E-state index is 0.720. The smallest absolute Gasteiger partial charge is 0.0846 e. The van der Waals surface area contributed by atoms with Gasteiger partial charge in [0.25, 0.3) is 0 Å². The van der Waals surface area contributed by atoms with Crippen molar-refractivity contribution in [2.24, 2.45) is 7.05 Å². The molecule has 2 aromatic heterocycles. The Morgan fingerprint density at radius 1 is 1.26 bits per heavy atom. The highest BCUT2D eigenvalue weighted by atomic mass is 79.9. The Bertz CT molecular complexity index is 726. The molecule has 0 unspecified atom stereocenters. The van der Waals surface area contributed by atoms with E-state index in [1.54, 1.807) is 0 Å². The van der Waals surface area contributed by atoms with Crippen molar-refractivity contribution in [3.8, 4) is 0 Å². The van der Waals surface area contributed by atoms with E-state index in [9.17, 15) is 0 Å². The van der Waals surface area contributed by atoms with E-state index in [2.05, 4.69) is 45.2 Å². The molecule has 19 heavy (non-hydrogen) atoms. The summed E-state index contributed by atoms with van der Waals surface area (Å²) in [7, 11) is 1.98. The maximum absolute atomic E-state index is 4.52. The molecule has 4 nitrogen and oxygen atoms in total. The normalized spacial score (nSPS) is 11.3. The molecule has 0 atom stereocenters. The Labute approximate surface area is 120 Å². The first-order chi connectivity index (χ1) is 9.20. The van der Waals surface area contributed by atoms with Gasteiger partial charge in [-0.05, 0) is 28.4 Å². The molecular formula is C14H15BrN4. The van der Waals surface area contributed by atoms with Gasteiger partial charge in [0.15, 0.2) is 0 Å². The van der Waals surface area contributed by atoms with Crippen LogP contribution >= 0.6 is 15.9 Å². The van der Waals surface area contributed by atoms with Gasteiger partial charge in [-0.15, -0.1) is 0 Å². The molecule has 5 heteroatoms. The lowest BCUT2D eigenvalue weighted by Gasteiger charge is -2.05. The minimum Gasteiger partial charge on any atom is -0.269 e.